The molecule has 4 saturated carbocycles. The minimum atomic E-state index is 0. The number of nitrogens with two attached hydrogens (primary N) is 1. The van der Waals surface area contributed by atoms with E-state index in [0.717, 1.165) is 11.8 Å². The maximum Gasteiger partial charge on any atom is 0.00675 e. The maximum atomic E-state index is 6.43. The highest BCUT2D eigenvalue weighted by molar-refractivity contribution is 5.85. The van der Waals surface area contributed by atoms with E-state index >= 15 is 0 Å². The van der Waals surface area contributed by atoms with Crippen LogP contribution in [0.3, 0.4) is 0 Å². The minimum Gasteiger partial charge on any atom is -0.327 e. The fourth-order valence-corrected chi connectivity index (χ4v) is 6.00. The third-order valence-electron chi connectivity index (χ3n) is 6.46. The van der Waals surface area contributed by atoms with Gasteiger partial charge >= 0.3 is 0 Å². The summed E-state index contributed by atoms with van der Waals surface area (Å²) >= 11 is 0. The van der Waals surface area contributed by atoms with Gasteiger partial charge in [-0.1, -0.05) is 30.3 Å². The number of benzene rings is 1. The van der Waals surface area contributed by atoms with Crippen molar-refractivity contribution in [2.75, 3.05) is 0 Å². The zero-order chi connectivity index (χ0) is 13.1. The highest BCUT2D eigenvalue weighted by Gasteiger charge is 2.59. The number of rotatable bonds is 2. The lowest BCUT2D eigenvalue weighted by Crippen LogP contribution is -2.59. The summed E-state index contributed by atoms with van der Waals surface area (Å²) in [7, 11) is 0. The van der Waals surface area contributed by atoms with E-state index in [4.69, 9.17) is 5.73 Å². The van der Waals surface area contributed by atoms with Gasteiger partial charge < -0.3 is 5.73 Å². The third-order valence-corrected chi connectivity index (χ3v) is 6.46. The molecule has 110 valence electrons. The molecule has 2 N–H and O–H groups in total. The van der Waals surface area contributed by atoms with Crippen LogP contribution in [0, 0.1) is 17.3 Å². The molecule has 5 rings (SSSR count). The van der Waals surface area contributed by atoms with Crippen LogP contribution in [-0.4, -0.2) is 6.04 Å². The first-order valence-corrected chi connectivity index (χ1v) is 7.93. The molecule has 4 aliphatic rings. The van der Waals surface area contributed by atoms with Crippen molar-refractivity contribution in [3.63, 3.8) is 0 Å². The summed E-state index contributed by atoms with van der Waals surface area (Å²) in [5.74, 6) is 1.87. The molecule has 1 aromatic carbocycles. The van der Waals surface area contributed by atoms with Crippen molar-refractivity contribution in [1.82, 2.24) is 0 Å². The summed E-state index contributed by atoms with van der Waals surface area (Å²) < 4.78 is 0. The lowest BCUT2D eigenvalue weighted by molar-refractivity contribution is -0.0821. The third kappa shape index (κ3) is 1.94. The Morgan fingerprint density at radius 3 is 2.20 bits per heavy atom. The molecule has 0 radical (unpaired) electrons. The summed E-state index contributed by atoms with van der Waals surface area (Å²) in [6, 6.07) is 11.7. The summed E-state index contributed by atoms with van der Waals surface area (Å²) in [4.78, 5) is 0. The first-order chi connectivity index (χ1) is 9.12. The van der Waals surface area contributed by atoms with Crippen molar-refractivity contribution < 1.29 is 0 Å². The molecule has 0 heterocycles. The van der Waals surface area contributed by atoms with Gasteiger partial charge in [0.15, 0.2) is 0 Å². The van der Waals surface area contributed by atoms with Gasteiger partial charge in [-0.05, 0) is 73.7 Å². The molecule has 0 saturated heterocycles. The monoisotopic (exact) mass is 291 g/mol. The smallest absolute Gasteiger partial charge is 0.00675 e. The lowest BCUT2D eigenvalue weighted by Gasteiger charge is -2.63. The summed E-state index contributed by atoms with van der Waals surface area (Å²) in [5, 5.41) is 0. The standard InChI is InChI=1S/C18H25N.ClH/c1-13(19)17-8-14-7-15(9-17)11-18(10-14,12-17)16-5-3-2-4-6-16;/h2-6,13-15H,7-12,19H2,1H3;1H. The number of halogens is 1. The highest BCUT2D eigenvalue weighted by atomic mass is 35.5. The zero-order valence-electron chi connectivity index (χ0n) is 12.3. The van der Waals surface area contributed by atoms with Crippen molar-refractivity contribution in [2.45, 2.75) is 56.9 Å². The van der Waals surface area contributed by atoms with Gasteiger partial charge in [0.25, 0.3) is 0 Å². The largest absolute Gasteiger partial charge is 0.327 e. The van der Waals surface area contributed by atoms with Crippen LogP contribution in [0.2, 0.25) is 0 Å². The van der Waals surface area contributed by atoms with Crippen LogP contribution in [0.4, 0.5) is 0 Å². The second-order valence-corrected chi connectivity index (χ2v) is 7.76. The highest BCUT2D eigenvalue weighted by Crippen LogP contribution is 2.66. The molecule has 4 aliphatic carbocycles. The van der Waals surface area contributed by atoms with Crippen LogP contribution in [0.15, 0.2) is 30.3 Å². The fraction of sp³-hybridized carbons (Fsp3) is 0.667. The van der Waals surface area contributed by atoms with Crippen LogP contribution in [0.5, 0.6) is 0 Å². The van der Waals surface area contributed by atoms with E-state index in [9.17, 15) is 0 Å². The van der Waals surface area contributed by atoms with Crippen molar-refractivity contribution in [3.8, 4) is 0 Å². The molecular formula is C18H26ClN. The van der Waals surface area contributed by atoms with Crippen molar-refractivity contribution >= 4 is 12.4 Å². The summed E-state index contributed by atoms with van der Waals surface area (Å²) in [5.41, 5.74) is 8.92. The first kappa shape index (κ1) is 14.4. The molecule has 0 amide bonds. The van der Waals surface area contributed by atoms with Gasteiger partial charge in [-0.15, -0.1) is 12.4 Å². The van der Waals surface area contributed by atoms with Crippen LogP contribution in [0.25, 0.3) is 0 Å². The van der Waals surface area contributed by atoms with E-state index in [2.05, 4.69) is 37.3 Å². The van der Waals surface area contributed by atoms with Gasteiger partial charge in [0, 0.05) is 6.04 Å². The van der Waals surface area contributed by atoms with Gasteiger partial charge in [-0.3, -0.25) is 0 Å². The Kier molecular flexibility index (Phi) is 3.42. The molecule has 0 aromatic heterocycles. The van der Waals surface area contributed by atoms with E-state index in [1.165, 1.54) is 38.5 Å². The molecular weight excluding hydrogens is 266 g/mol. The van der Waals surface area contributed by atoms with Crippen molar-refractivity contribution in [1.29, 1.82) is 0 Å². The van der Waals surface area contributed by atoms with E-state index in [1.54, 1.807) is 5.56 Å². The van der Waals surface area contributed by atoms with Crippen LogP contribution in [-0.2, 0) is 5.41 Å². The molecule has 1 nitrogen and oxygen atoms in total. The normalized spacial score (nSPS) is 43.1. The molecule has 2 heteroatoms. The second kappa shape index (κ2) is 4.74. The van der Waals surface area contributed by atoms with Crippen LogP contribution >= 0.6 is 12.4 Å². The van der Waals surface area contributed by atoms with E-state index in [1.807, 2.05) is 0 Å². The molecule has 0 spiro atoms. The topological polar surface area (TPSA) is 26.0 Å². The Morgan fingerprint density at radius 1 is 1.05 bits per heavy atom. The predicted molar refractivity (Wildman–Crippen MR) is 86.1 cm³/mol. The molecule has 3 unspecified atom stereocenters. The zero-order valence-corrected chi connectivity index (χ0v) is 13.2. The molecule has 0 aliphatic heterocycles. The molecule has 20 heavy (non-hydrogen) atoms. The SMILES string of the molecule is CC(N)C12CC3CC(CC(c4ccccc4)(C3)C1)C2.Cl. The molecule has 4 fully saturated rings. The predicted octanol–water partition coefficient (Wildman–Crippen LogP) is 4.29. The lowest BCUT2D eigenvalue weighted by atomic mass is 9.41. The van der Waals surface area contributed by atoms with Gasteiger partial charge in [-0.2, -0.15) is 0 Å². The van der Waals surface area contributed by atoms with Gasteiger partial charge in [0.1, 0.15) is 0 Å². The maximum absolute atomic E-state index is 6.43. The Hall–Kier alpha value is -0.530. The quantitative estimate of drug-likeness (QED) is 0.864. The molecule has 3 atom stereocenters. The number of hydrogen-bond acceptors (Lipinski definition) is 1. The fourth-order valence-electron chi connectivity index (χ4n) is 6.00. The van der Waals surface area contributed by atoms with E-state index in [-0.39, 0.29) is 12.4 Å². The number of hydrogen-bond donors (Lipinski definition) is 1. The Balaban J connectivity index is 0.00000121. The van der Waals surface area contributed by atoms with Gasteiger partial charge in [0.2, 0.25) is 0 Å². The Morgan fingerprint density at radius 2 is 1.65 bits per heavy atom. The molecule has 1 aromatic rings. The minimum absolute atomic E-state index is 0. The van der Waals surface area contributed by atoms with E-state index < -0.39 is 0 Å². The summed E-state index contributed by atoms with van der Waals surface area (Å²) in [6.45, 7) is 2.26. The Labute approximate surface area is 128 Å². The van der Waals surface area contributed by atoms with Gasteiger partial charge in [-0.25, -0.2) is 0 Å². The van der Waals surface area contributed by atoms with Gasteiger partial charge in [0.05, 0.1) is 0 Å². The molecule has 4 bridgehead atoms. The Bertz CT molecular complexity index is 467. The average Bonchev–Trinajstić information content (AvgIpc) is 2.38. The van der Waals surface area contributed by atoms with Crippen molar-refractivity contribution in [3.05, 3.63) is 35.9 Å². The van der Waals surface area contributed by atoms with E-state index in [0.29, 0.717) is 16.9 Å². The van der Waals surface area contributed by atoms with Crippen LogP contribution in [0.1, 0.15) is 51.0 Å². The van der Waals surface area contributed by atoms with Crippen LogP contribution < -0.4 is 5.73 Å². The second-order valence-electron chi connectivity index (χ2n) is 7.76. The summed E-state index contributed by atoms with van der Waals surface area (Å²) in [6.07, 6.45) is 8.45. The van der Waals surface area contributed by atoms with Crippen molar-refractivity contribution in [2.24, 2.45) is 23.0 Å². The first-order valence-electron chi connectivity index (χ1n) is 7.93. The average molecular weight is 292 g/mol.